The lowest BCUT2D eigenvalue weighted by Crippen LogP contribution is -2.45. The topological polar surface area (TPSA) is 78.9 Å². The zero-order chi connectivity index (χ0) is 24.3. The average Bonchev–Trinajstić information content (AvgIpc) is 2.90. The third kappa shape index (κ3) is 6.54. The third-order valence-electron chi connectivity index (χ3n) is 5.33. The Morgan fingerprint density at radius 1 is 0.529 bits per heavy atom. The molecule has 3 aromatic carbocycles. The molecular formula is C28H28O6. The predicted molar refractivity (Wildman–Crippen MR) is 128 cm³/mol. The van der Waals surface area contributed by atoms with Crippen molar-refractivity contribution in [2.24, 2.45) is 0 Å². The molecule has 0 unspecified atom stereocenters. The molecular weight excluding hydrogens is 432 g/mol. The van der Waals surface area contributed by atoms with E-state index >= 15 is 0 Å². The first kappa shape index (κ1) is 24.7. The summed E-state index contributed by atoms with van der Waals surface area (Å²) in [6.45, 7) is 3.63. The molecule has 3 atom stereocenters. The number of hydrogen-bond acceptors (Lipinski definition) is 6. The van der Waals surface area contributed by atoms with Gasteiger partial charge >= 0.3 is 17.9 Å². The normalized spacial score (nSPS) is 13.2. The van der Waals surface area contributed by atoms with Gasteiger partial charge in [-0.2, -0.15) is 0 Å². The Morgan fingerprint density at radius 3 is 1.12 bits per heavy atom. The molecule has 0 spiro atoms. The van der Waals surface area contributed by atoms with Crippen LogP contribution in [0.5, 0.6) is 0 Å². The molecule has 34 heavy (non-hydrogen) atoms. The first-order valence-corrected chi connectivity index (χ1v) is 11.3. The minimum absolute atomic E-state index is 0.348. The highest BCUT2D eigenvalue weighted by Gasteiger charge is 2.37. The van der Waals surface area contributed by atoms with Crippen molar-refractivity contribution in [3.63, 3.8) is 0 Å². The Labute approximate surface area is 199 Å². The summed E-state index contributed by atoms with van der Waals surface area (Å²) in [6.07, 6.45) is -1.94. The lowest BCUT2D eigenvalue weighted by atomic mass is 10.0. The van der Waals surface area contributed by atoms with E-state index < -0.39 is 36.2 Å². The summed E-state index contributed by atoms with van der Waals surface area (Å²) < 4.78 is 17.3. The number of ether oxygens (including phenoxy) is 3. The smallest absolute Gasteiger partial charge is 0.338 e. The largest absolute Gasteiger partial charge is 0.455 e. The van der Waals surface area contributed by atoms with Crippen molar-refractivity contribution in [1.82, 2.24) is 0 Å². The Kier molecular flexibility index (Phi) is 8.97. The predicted octanol–water partition coefficient (Wildman–Crippen LogP) is 5.48. The molecule has 0 aromatic heterocycles. The van der Waals surface area contributed by atoms with Gasteiger partial charge in [0.05, 0.1) is 16.7 Å². The van der Waals surface area contributed by atoms with Gasteiger partial charge in [-0.15, -0.1) is 0 Å². The fourth-order valence-electron chi connectivity index (χ4n) is 3.48. The number of carbonyl (C=O) groups excluding carboxylic acids is 3. The van der Waals surface area contributed by atoms with E-state index in [1.807, 2.05) is 13.8 Å². The van der Waals surface area contributed by atoms with Crippen molar-refractivity contribution in [3.8, 4) is 0 Å². The third-order valence-corrected chi connectivity index (χ3v) is 5.33. The van der Waals surface area contributed by atoms with Gasteiger partial charge in [0.25, 0.3) is 0 Å². The molecule has 0 saturated heterocycles. The second-order valence-corrected chi connectivity index (χ2v) is 7.67. The van der Waals surface area contributed by atoms with E-state index in [1.54, 1.807) is 91.0 Å². The van der Waals surface area contributed by atoms with Crippen molar-refractivity contribution < 1.29 is 28.6 Å². The van der Waals surface area contributed by atoms with E-state index in [1.165, 1.54) is 0 Å². The maximum absolute atomic E-state index is 12.9. The van der Waals surface area contributed by atoms with Crippen molar-refractivity contribution in [2.45, 2.75) is 45.0 Å². The molecule has 0 heterocycles. The summed E-state index contributed by atoms with van der Waals surface area (Å²) >= 11 is 0. The summed E-state index contributed by atoms with van der Waals surface area (Å²) in [5.74, 6) is -1.68. The maximum atomic E-state index is 12.9. The van der Waals surface area contributed by atoms with Crippen LogP contribution in [0, 0.1) is 0 Å². The van der Waals surface area contributed by atoms with E-state index in [9.17, 15) is 14.4 Å². The summed E-state index contributed by atoms with van der Waals surface area (Å²) in [6, 6.07) is 25.6. The highest BCUT2D eigenvalue weighted by atomic mass is 16.6. The van der Waals surface area contributed by atoms with E-state index in [-0.39, 0.29) is 0 Å². The lowest BCUT2D eigenvalue weighted by molar-refractivity contribution is -0.0892. The summed E-state index contributed by atoms with van der Waals surface area (Å²) in [7, 11) is 0. The molecule has 0 aliphatic carbocycles. The molecule has 0 bridgehead atoms. The fraction of sp³-hybridized carbons (Fsp3) is 0.250. The minimum Gasteiger partial charge on any atom is -0.455 e. The van der Waals surface area contributed by atoms with Crippen LogP contribution >= 0.6 is 0 Å². The molecule has 0 aliphatic rings. The number of rotatable bonds is 10. The van der Waals surface area contributed by atoms with Crippen LogP contribution in [0.2, 0.25) is 0 Å². The van der Waals surface area contributed by atoms with Gasteiger partial charge in [-0.05, 0) is 49.2 Å². The Hall–Kier alpha value is -3.93. The molecule has 0 N–H and O–H groups in total. The Bertz CT molecular complexity index is 1000. The summed E-state index contributed by atoms with van der Waals surface area (Å²) in [4.78, 5) is 38.4. The van der Waals surface area contributed by atoms with E-state index in [4.69, 9.17) is 14.2 Å². The number of benzene rings is 3. The average molecular weight is 461 g/mol. The Balaban J connectivity index is 1.86. The quantitative estimate of drug-likeness (QED) is 0.294. The van der Waals surface area contributed by atoms with Gasteiger partial charge in [-0.1, -0.05) is 68.4 Å². The zero-order valence-electron chi connectivity index (χ0n) is 19.3. The van der Waals surface area contributed by atoms with E-state index in [2.05, 4.69) is 0 Å². The van der Waals surface area contributed by atoms with E-state index in [0.29, 0.717) is 29.5 Å². The molecule has 6 nitrogen and oxygen atoms in total. The van der Waals surface area contributed by atoms with E-state index in [0.717, 1.165) is 0 Å². The highest BCUT2D eigenvalue weighted by Crippen LogP contribution is 2.22. The standard InChI is InChI=1S/C28H28O6/c1-3-23(32-26(29)20-14-8-5-9-15-20)25(34-28(31)22-18-12-7-13-19-22)24(4-2)33-27(30)21-16-10-6-11-17-21/h5-19,23-25H,3-4H2,1-2H3/t23-,24+,25+. The van der Waals surface area contributed by atoms with Crippen molar-refractivity contribution in [2.75, 3.05) is 0 Å². The van der Waals surface area contributed by atoms with Gasteiger partial charge < -0.3 is 14.2 Å². The van der Waals surface area contributed by atoms with Gasteiger partial charge in [-0.25, -0.2) is 14.4 Å². The van der Waals surface area contributed by atoms with Crippen molar-refractivity contribution in [1.29, 1.82) is 0 Å². The molecule has 0 radical (unpaired) electrons. The maximum Gasteiger partial charge on any atom is 0.338 e. The van der Waals surface area contributed by atoms with Crippen LogP contribution in [0.15, 0.2) is 91.0 Å². The first-order valence-electron chi connectivity index (χ1n) is 11.3. The van der Waals surface area contributed by atoms with Crippen LogP contribution in [0.3, 0.4) is 0 Å². The first-order chi connectivity index (χ1) is 16.5. The van der Waals surface area contributed by atoms with Crippen LogP contribution in [-0.2, 0) is 14.2 Å². The van der Waals surface area contributed by atoms with Gasteiger partial charge in [-0.3, -0.25) is 0 Å². The molecule has 0 aliphatic heterocycles. The fourth-order valence-corrected chi connectivity index (χ4v) is 3.48. The van der Waals surface area contributed by atoms with Crippen molar-refractivity contribution >= 4 is 17.9 Å². The molecule has 0 fully saturated rings. The summed E-state index contributed by atoms with van der Waals surface area (Å²) in [5, 5.41) is 0. The zero-order valence-corrected chi connectivity index (χ0v) is 19.3. The molecule has 3 aromatic rings. The summed E-state index contributed by atoms with van der Waals surface area (Å²) in [5.41, 5.74) is 1.10. The molecule has 176 valence electrons. The van der Waals surface area contributed by atoms with Gasteiger partial charge in [0, 0.05) is 0 Å². The van der Waals surface area contributed by atoms with Gasteiger partial charge in [0.2, 0.25) is 0 Å². The molecule has 0 amide bonds. The Morgan fingerprint density at radius 2 is 0.824 bits per heavy atom. The van der Waals surface area contributed by atoms with Crippen molar-refractivity contribution in [3.05, 3.63) is 108 Å². The van der Waals surface area contributed by atoms with Crippen LogP contribution < -0.4 is 0 Å². The number of carbonyl (C=O) groups is 3. The van der Waals surface area contributed by atoms with Gasteiger partial charge in [0.15, 0.2) is 6.10 Å². The van der Waals surface area contributed by atoms with Crippen LogP contribution in [0.25, 0.3) is 0 Å². The SMILES string of the molecule is CC[C@H](OC(=O)c1ccccc1)[C@@H](OC(=O)c1ccccc1)[C@@H](CC)OC(=O)c1ccccc1. The van der Waals surface area contributed by atoms with Crippen LogP contribution in [0.1, 0.15) is 57.8 Å². The number of esters is 3. The molecule has 3 rings (SSSR count). The van der Waals surface area contributed by atoms with Crippen LogP contribution in [-0.4, -0.2) is 36.2 Å². The van der Waals surface area contributed by atoms with Crippen LogP contribution in [0.4, 0.5) is 0 Å². The van der Waals surface area contributed by atoms with Gasteiger partial charge in [0.1, 0.15) is 12.2 Å². The monoisotopic (exact) mass is 460 g/mol. The molecule has 6 heteroatoms. The highest BCUT2D eigenvalue weighted by molar-refractivity contribution is 5.91. The lowest BCUT2D eigenvalue weighted by Gasteiger charge is -2.31. The number of hydrogen-bond donors (Lipinski definition) is 0. The second kappa shape index (κ2) is 12.3. The second-order valence-electron chi connectivity index (χ2n) is 7.67. The molecule has 0 saturated carbocycles. The minimum atomic E-state index is -0.997.